The van der Waals surface area contributed by atoms with Crippen molar-refractivity contribution < 1.29 is 38.0 Å². The monoisotopic (exact) mass is 606 g/mol. The molecule has 1 amide bonds. The van der Waals surface area contributed by atoms with Gasteiger partial charge in [0.25, 0.3) is 0 Å². The van der Waals surface area contributed by atoms with Crippen molar-refractivity contribution in [2.75, 3.05) is 38.9 Å². The van der Waals surface area contributed by atoms with Crippen LogP contribution in [-0.2, 0) is 22.4 Å². The highest BCUT2D eigenvalue weighted by Crippen LogP contribution is 2.50. The van der Waals surface area contributed by atoms with Crippen molar-refractivity contribution in [2.45, 2.75) is 52.0 Å². The molecule has 9 nitrogen and oxygen atoms in total. The first-order chi connectivity index (χ1) is 21.3. The number of hydrogen-bond acceptors (Lipinski definition) is 7. The lowest BCUT2D eigenvalue weighted by Gasteiger charge is -2.27. The molecule has 0 aromatic heterocycles. The van der Waals surface area contributed by atoms with E-state index in [9.17, 15) is 19.1 Å². The molecule has 2 aliphatic rings. The summed E-state index contributed by atoms with van der Waals surface area (Å²) in [6.45, 7) is 6.69. The number of anilines is 1. The predicted molar refractivity (Wildman–Crippen MR) is 163 cm³/mol. The van der Waals surface area contributed by atoms with Crippen LogP contribution in [0, 0.1) is 11.7 Å². The summed E-state index contributed by atoms with van der Waals surface area (Å²) in [5.41, 5.74) is 3.51. The highest BCUT2D eigenvalue weighted by molar-refractivity contribution is 5.94. The summed E-state index contributed by atoms with van der Waals surface area (Å²) in [6, 6.07) is 13.2. The molecule has 0 spiro atoms. The van der Waals surface area contributed by atoms with Crippen molar-refractivity contribution >= 4 is 17.6 Å². The number of amides is 1. The highest BCUT2D eigenvalue weighted by Gasteiger charge is 2.48. The van der Waals surface area contributed by atoms with E-state index in [1.807, 2.05) is 49.9 Å². The summed E-state index contributed by atoms with van der Waals surface area (Å²) in [5, 5.41) is 13.7. The molecule has 0 saturated carbocycles. The third-order valence-corrected chi connectivity index (χ3v) is 8.33. The molecule has 0 bridgehead atoms. The number of aliphatic carboxylic acids is 1. The molecule has 0 unspecified atom stereocenters. The van der Waals surface area contributed by atoms with Gasteiger partial charge >= 0.3 is 5.97 Å². The zero-order valence-electron chi connectivity index (χ0n) is 25.5. The largest absolute Gasteiger partial charge is 0.494 e. The number of hydrogen-bond donors (Lipinski definition) is 2. The zero-order valence-corrected chi connectivity index (χ0v) is 25.5. The molecule has 2 N–H and O–H groups in total. The SMILES string of the molecule is CCCOc1ccc([C@H]2[C@H](C(=O)O)[C@@H](c3cc(OC)c4c(c3)OCO4)CN2CC(=O)Nc2c(CC)cc(F)cc2CC)cc1. The van der Waals surface area contributed by atoms with E-state index in [0.29, 0.717) is 59.3 Å². The molecule has 0 aliphatic carbocycles. The van der Waals surface area contributed by atoms with Gasteiger partial charge < -0.3 is 29.4 Å². The lowest BCUT2D eigenvalue weighted by molar-refractivity contribution is -0.143. The number of carboxylic acids is 1. The number of fused-ring (bicyclic) bond motifs is 1. The molecule has 2 aliphatic heterocycles. The van der Waals surface area contributed by atoms with Crippen LogP contribution in [0.5, 0.6) is 23.0 Å². The lowest BCUT2D eigenvalue weighted by atomic mass is 9.82. The molecule has 10 heteroatoms. The van der Waals surface area contributed by atoms with Crippen LogP contribution in [0.15, 0.2) is 48.5 Å². The second-order valence-corrected chi connectivity index (χ2v) is 11.1. The standard InChI is InChI=1S/C34H39FN2O7/c1-5-12-42-25-10-8-22(9-11-25)32-30(34(39)40)26(23-15-27(41-4)33-28(16-23)43-19-44-33)17-37(32)18-29(38)36-31-20(6-2)13-24(35)14-21(31)7-3/h8-11,13-16,26,30,32H,5-7,12,17-19H2,1-4H3,(H,36,38)(H,39,40)/t26-,30-,32+/m1/s1. The van der Waals surface area contributed by atoms with E-state index in [4.69, 9.17) is 18.9 Å². The zero-order chi connectivity index (χ0) is 31.4. The second-order valence-electron chi connectivity index (χ2n) is 11.1. The van der Waals surface area contributed by atoms with Crippen molar-refractivity contribution in [1.29, 1.82) is 0 Å². The number of aryl methyl sites for hydroxylation is 2. The normalized spacial score (nSPS) is 19.2. The van der Waals surface area contributed by atoms with E-state index < -0.39 is 23.8 Å². The number of rotatable bonds is 12. The average molecular weight is 607 g/mol. The Labute approximate surface area is 256 Å². The fourth-order valence-electron chi connectivity index (χ4n) is 6.28. The summed E-state index contributed by atoms with van der Waals surface area (Å²) in [6.07, 6.45) is 1.96. The summed E-state index contributed by atoms with van der Waals surface area (Å²) in [4.78, 5) is 28.6. The van der Waals surface area contributed by atoms with Gasteiger partial charge in [-0.15, -0.1) is 0 Å². The number of nitrogens with zero attached hydrogens (tertiary/aromatic N) is 1. The fourth-order valence-corrected chi connectivity index (χ4v) is 6.28. The summed E-state index contributed by atoms with van der Waals surface area (Å²) < 4.78 is 36.7. The highest BCUT2D eigenvalue weighted by atomic mass is 19.1. The van der Waals surface area contributed by atoms with Gasteiger partial charge in [0.2, 0.25) is 18.4 Å². The first kappa shape index (κ1) is 31.1. The van der Waals surface area contributed by atoms with Gasteiger partial charge in [0.15, 0.2) is 11.5 Å². The van der Waals surface area contributed by atoms with Crippen molar-refractivity contribution in [3.05, 3.63) is 76.6 Å². The molecule has 2 heterocycles. The third-order valence-electron chi connectivity index (χ3n) is 8.33. The number of carbonyl (C=O) groups excluding carboxylic acids is 1. The number of benzene rings is 3. The molecular weight excluding hydrogens is 567 g/mol. The van der Waals surface area contributed by atoms with Crippen molar-refractivity contribution in [1.82, 2.24) is 4.90 Å². The van der Waals surface area contributed by atoms with E-state index in [-0.39, 0.29) is 31.6 Å². The molecule has 3 aromatic carbocycles. The van der Waals surface area contributed by atoms with Gasteiger partial charge in [-0.05, 0) is 77.9 Å². The van der Waals surface area contributed by atoms with E-state index in [2.05, 4.69) is 5.32 Å². The smallest absolute Gasteiger partial charge is 0.309 e. The number of nitrogens with one attached hydrogen (secondary N) is 1. The van der Waals surface area contributed by atoms with Crippen LogP contribution in [0.3, 0.4) is 0 Å². The van der Waals surface area contributed by atoms with E-state index in [1.165, 1.54) is 19.2 Å². The van der Waals surface area contributed by atoms with Crippen LogP contribution < -0.4 is 24.3 Å². The van der Waals surface area contributed by atoms with Crippen molar-refractivity contribution in [3.8, 4) is 23.0 Å². The molecule has 44 heavy (non-hydrogen) atoms. The van der Waals surface area contributed by atoms with Crippen molar-refractivity contribution in [3.63, 3.8) is 0 Å². The van der Waals surface area contributed by atoms with Gasteiger partial charge in [0, 0.05) is 24.2 Å². The van der Waals surface area contributed by atoms with Gasteiger partial charge in [-0.3, -0.25) is 14.5 Å². The Morgan fingerprint density at radius 2 is 1.73 bits per heavy atom. The first-order valence-corrected chi connectivity index (χ1v) is 15.1. The van der Waals surface area contributed by atoms with Gasteiger partial charge in [0.05, 0.1) is 26.2 Å². The van der Waals surface area contributed by atoms with Gasteiger partial charge in [-0.1, -0.05) is 32.9 Å². The second kappa shape index (κ2) is 13.5. The molecular formula is C34H39FN2O7. The van der Waals surface area contributed by atoms with Crippen LogP contribution in [0.1, 0.15) is 61.4 Å². The molecule has 5 rings (SSSR count). The minimum absolute atomic E-state index is 0.0480. The van der Waals surface area contributed by atoms with Crippen LogP contribution >= 0.6 is 0 Å². The van der Waals surface area contributed by atoms with Crippen LogP contribution in [-0.4, -0.2) is 55.5 Å². The summed E-state index contributed by atoms with van der Waals surface area (Å²) in [7, 11) is 1.52. The minimum atomic E-state index is -0.981. The maximum atomic E-state index is 14.2. The molecule has 1 saturated heterocycles. The molecule has 3 atom stereocenters. The topological polar surface area (TPSA) is 107 Å². The van der Waals surface area contributed by atoms with Gasteiger partial charge in [-0.25, -0.2) is 4.39 Å². The van der Waals surface area contributed by atoms with Crippen LogP contribution in [0.4, 0.5) is 10.1 Å². The van der Waals surface area contributed by atoms with Crippen LogP contribution in [0.25, 0.3) is 0 Å². The molecule has 0 radical (unpaired) electrons. The maximum absolute atomic E-state index is 14.2. The first-order valence-electron chi connectivity index (χ1n) is 15.1. The maximum Gasteiger partial charge on any atom is 0.309 e. The van der Waals surface area contributed by atoms with Gasteiger partial charge in [-0.2, -0.15) is 0 Å². The van der Waals surface area contributed by atoms with Crippen LogP contribution in [0.2, 0.25) is 0 Å². The molecule has 234 valence electrons. The number of carboxylic acid groups (broad SMARTS) is 1. The predicted octanol–water partition coefficient (Wildman–Crippen LogP) is 5.96. The Kier molecular flexibility index (Phi) is 9.58. The Hall–Kier alpha value is -4.31. The Bertz CT molecular complexity index is 1490. The van der Waals surface area contributed by atoms with Crippen molar-refractivity contribution in [2.24, 2.45) is 5.92 Å². The van der Waals surface area contributed by atoms with E-state index in [0.717, 1.165) is 17.5 Å². The third kappa shape index (κ3) is 6.31. The Morgan fingerprint density at radius 1 is 1.02 bits per heavy atom. The van der Waals surface area contributed by atoms with E-state index >= 15 is 0 Å². The summed E-state index contributed by atoms with van der Waals surface area (Å²) in [5.74, 6) is -0.885. The average Bonchev–Trinajstić information content (AvgIpc) is 3.65. The molecule has 3 aromatic rings. The number of ether oxygens (including phenoxy) is 4. The molecule has 1 fully saturated rings. The number of likely N-dealkylation sites (tertiary alicyclic amines) is 1. The number of halogens is 1. The minimum Gasteiger partial charge on any atom is -0.494 e. The quantitative estimate of drug-likeness (QED) is 0.260. The number of carbonyl (C=O) groups is 2. The number of methoxy groups -OCH3 is 1. The fraction of sp³-hybridized carbons (Fsp3) is 0.412. The Balaban J connectivity index is 1.51. The lowest BCUT2D eigenvalue weighted by Crippen LogP contribution is -2.35. The van der Waals surface area contributed by atoms with E-state index in [1.54, 1.807) is 12.1 Å². The van der Waals surface area contributed by atoms with Gasteiger partial charge in [0.1, 0.15) is 11.6 Å². The summed E-state index contributed by atoms with van der Waals surface area (Å²) >= 11 is 0. The Morgan fingerprint density at radius 3 is 2.34 bits per heavy atom.